The quantitative estimate of drug-likeness (QED) is 0.395. The summed E-state index contributed by atoms with van der Waals surface area (Å²) < 4.78 is 7.67. The minimum Gasteiger partial charge on any atom is -0.465 e. The minimum absolute atomic E-state index is 0.226. The van der Waals surface area contributed by atoms with E-state index < -0.39 is 29.6 Å². The number of aliphatic hydroxyl groups is 2. The Hall–Kier alpha value is -2.64. The van der Waals surface area contributed by atoms with E-state index in [4.69, 9.17) is 16.3 Å². The first kappa shape index (κ1) is 21.2. The van der Waals surface area contributed by atoms with E-state index in [1.54, 1.807) is 32.4 Å². The molecule has 3 N–H and O–H groups in total. The predicted octanol–water partition coefficient (Wildman–Crippen LogP) is 2.43. The van der Waals surface area contributed by atoms with Crippen LogP contribution in [0.4, 0.5) is 5.82 Å². The number of nitrogens with zero attached hydrogens (tertiary/aromatic N) is 3. The van der Waals surface area contributed by atoms with Crippen molar-refractivity contribution >= 4 is 45.8 Å². The fourth-order valence-electron chi connectivity index (χ4n) is 4.79. The summed E-state index contributed by atoms with van der Waals surface area (Å²) in [6.45, 7) is 1.95. The number of imidazole rings is 1. The highest BCUT2D eigenvalue weighted by Crippen LogP contribution is 2.68. The van der Waals surface area contributed by atoms with Crippen molar-refractivity contribution in [2.75, 3.05) is 19.0 Å². The summed E-state index contributed by atoms with van der Waals surface area (Å²) in [6.07, 6.45) is -0.236. The van der Waals surface area contributed by atoms with Crippen molar-refractivity contribution in [2.45, 2.75) is 31.6 Å². The number of hydrogen-bond donors (Lipinski definition) is 3. The number of ether oxygens (including phenoxy) is 1. The maximum atomic E-state index is 12.6. The number of aliphatic hydroxyl groups excluding tert-OH is 2. The molecule has 8 nitrogen and oxygen atoms in total. The molecule has 5 atom stereocenters. The third kappa shape index (κ3) is 3.10. The fraction of sp³-hybridized carbons (Fsp3) is 0.409. The lowest BCUT2D eigenvalue weighted by atomic mass is 9.99. The zero-order valence-corrected chi connectivity index (χ0v) is 18.9. The van der Waals surface area contributed by atoms with Gasteiger partial charge in [-0.2, -0.15) is 0 Å². The zero-order valence-electron chi connectivity index (χ0n) is 17.4. The molecule has 0 aliphatic heterocycles. The Bertz CT molecular complexity index is 1280. The second-order valence-corrected chi connectivity index (χ2v) is 9.69. The number of pyridine rings is 1. The summed E-state index contributed by atoms with van der Waals surface area (Å²) in [6, 6.07) is 4.93. The molecule has 5 rings (SSSR count). The Labute approximate surface area is 193 Å². The molecule has 0 bridgehead atoms. The van der Waals surface area contributed by atoms with Crippen molar-refractivity contribution in [3.05, 3.63) is 39.4 Å². The van der Waals surface area contributed by atoms with E-state index in [0.29, 0.717) is 33.3 Å². The highest BCUT2D eigenvalue weighted by molar-refractivity contribution is 7.16. The first-order valence-corrected chi connectivity index (χ1v) is 11.5. The molecule has 3 heterocycles. The van der Waals surface area contributed by atoms with Gasteiger partial charge in [0.2, 0.25) is 0 Å². The molecule has 2 fully saturated rings. The number of rotatable bonds is 4. The number of fused-ring (bicyclic) bond motifs is 2. The Morgan fingerprint density at radius 2 is 2.25 bits per heavy atom. The van der Waals surface area contributed by atoms with Crippen LogP contribution in [0.2, 0.25) is 4.34 Å². The highest BCUT2D eigenvalue weighted by Gasteiger charge is 2.76. The Balaban J connectivity index is 1.56. The van der Waals surface area contributed by atoms with Crippen LogP contribution in [0.5, 0.6) is 0 Å². The van der Waals surface area contributed by atoms with Crippen LogP contribution in [0, 0.1) is 23.2 Å². The molecule has 3 aromatic rings. The standard InChI is InChI=1S/C22H21ClN4O4S/c1-3-31-21(30)22-9-13(22)17(18(28)19(22)29)27-10-25-16-14(27)8-11(26-20(16)24-2)4-5-12-6-7-15(23)32-12/h6-8,10,13,17-19,28-29H,3,9H2,1-2H3,(H,24,26)/t13-,17-,18+,19+,22-/m1/s1. The van der Waals surface area contributed by atoms with Gasteiger partial charge in [-0.1, -0.05) is 11.6 Å². The first-order chi connectivity index (χ1) is 15.4. The van der Waals surface area contributed by atoms with Gasteiger partial charge in [0.05, 0.1) is 39.8 Å². The topological polar surface area (TPSA) is 110 Å². The molecule has 0 saturated heterocycles. The number of hydrogen-bond acceptors (Lipinski definition) is 8. The molecule has 0 aromatic carbocycles. The summed E-state index contributed by atoms with van der Waals surface area (Å²) in [7, 11) is 1.75. The van der Waals surface area contributed by atoms with Gasteiger partial charge in [0, 0.05) is 13.0 Å². The van der Waals surface area contributed by atoms with Gasteiger partial charge in [-0.3, -0.25) is 4.79 Å². The second kappa shape index (κ2) is 7.74. The molecule has 0 amide bonds. The summed E-state index contributed by atoms with van der Waals surface area (Å²) in [5, 5.41) is 24.6. The summed E-state index contributed by atoms with van der Waals surface area (Å²) >= 11 is 7.36. The van der Waals surface area contributed by atoms with E-state index in [9.17, 15) is 15.0 Å². The first-order valence-electron chi connectivity index (χ1n) is 10.3. The van der Waals surface area contributed by atoms with E-state index in [1.807, 2.05) is 10.6 Å². The number of carbonyl (C=O) groups is 1. The normalized spacial score (nSPS) is 28.2. The number of aromatic nitrogens is 3. The fourth-order valence-corrected chi connectivity index (χ4v) is 5.69. The average Bonchev–Trinajstić information content (AvgIpc) is 3.03. The zero-order chi connectivity index (χ0) is 22.6. The number of esters is 1. The lowest BCUT2D eigenvalue weighted by Gasteiger charge is -2.23. The molecular weight excluding hydrogens is 452 g/mol. The largest absolute Gasteiger partial charge is 0.465 e. The summed E-state index contributed by atoms with van der Waals surface area (Å²) in [5.41, 5.74) is 0.791. The van der Waals surface area contributed by atoms with Crippen LogP contribution in [0.25, 0.3) is 11.0 Å². The van der Waals surface area contributed by atoms with Crippen molar-refractivity contribution in [3.8, 4) is 11.8 Å². The maximum absolute atomic E-state index is 12.6. The van der Waals surface area contributed by atoms with Gasteiger partial charge in [0.15, 0.2) is 5.82 Å². The minimum atomic E-state index is -1.19. The number of nitrogens with one attached hydrogen (secondary N) is 1. The van der Waals surface area contributed by atoms with Gasteiger partial charge < -0.3 is 24.8 Å². The molecule has 0 radical (unpaired) electrons. The number of halogens is 1. The van der Waals surface area contributed by atoms with Crippen molar-refractivity contribution in [3.63, 3.8) is 0 Å². The number of thiophene rings is 1. The van der Waals surface area contributed by atoms with Crippen molar-refractivity contribution in [1.29, 1.82) is 0 Å². The van der Waals surface area contributed by atoms with Crippen molar-refractivity contribution < 1.29 is 19.7 Å². The molecule has 32 heavy (non-hydrogen) atoms. The third-order valence-electron chi connectivity index (χ3n) is 6.34. The number of carbonyl (C=O) groups excluding carboxylic acids is 1. The monoisotopic (exact) mass is 472 g/mol. The molecule has 2 aliphatic rings. The van der Waals surface area contributed by atoms with Crippen LogP contribution in [-0.4, -0.2) is 56.6 Å². The van der Waals surface area contributed by atoms with Gasteiger partial charge in [-0.05, 0) is 43.4 Å². The van der Waals surface area contributed by atoms with Gasteiger partial charge >= 0.3 is 5.97 Å². The maximum Gasteiger partial charge on any atom is 0.315 e. The molecule has 2 saturated carbocycles. The summed E-state index contributed by atoms with van der Waals surface area (Å²) in [5.74, 6) is 5.97. The third-order valence-corrected chi connectivity index (χ3v) is 7.48. The van der Waals surface area contributed by atoms with E-state index >= 15 is 0 Å². The molecule has 0 unspecified atom stereocenters. The van der Waals surface area contributed by atoms with Crippen LogP contribution in [0.15, 0.2) is 24.5 Å². The Morgan fingerprint density at radius 3 is 2.94 bits per heavy atom. The van der Waals surface area contributed by atoms with E-state index in [1.165, 1.54) is 11.3 Å². The average molecular weight is 473 g/mol. The lowest BCUT2D eigenvalue weighted by molar-refractivity contribution is -0.156. The van der Waals surface area contributed by atoms with Crippen LogP contribution in [-0.2, 0) is 9.53 Å². The number of anilines is 1. The molecule has 166 valence electrons. The Kier molecular flexibility index (Phi) is 5.13. The molecule has 10 heteroatoms. The van der Waals surface area contributed by atoms with Crippen LogP contribution in [0.3, 0.4) is 0 Å². The SMILES string of the molecule is CCOC(=O)[C@]12C[C@@H]1[C@@H](n1cnc3c(NC)nc(C#Cc4ccc(Cl)s4)cc31)[C@H](O)[C@@H]2O. The molecule has 3 aromatic heterocycles. The van der Waals surface area contributed by atoms with Gasteiger partial charge in [-0.15, -0.1) is 11.3 Å². The summed E-state index contributed by atoms with van der Waals surface area (Å²) in [4.78, 5) is 22.4. The Morgan fingerprint density at radius 1 is 1.44 bits per heavy atom. The van der Waals surface area contributed by atoms with Gasteiger partial charge in [0.25, 0.3) is 0 Å². The van der Waals surface area contributed by atoms with Crippen molar-refractivity contribution in [2.24, 2.45) is 11.3 Å². The van der Waals surface area contributed by atoms with Crippen LogP contribution >= 0.6 is 22.9 Å². The lowest BCUT2D eigenvalue weighted by Crippen LogP contribution is -2.38. The highest BCUT2D eigenvalue weighted by atomic mass is 35.5. The van der Waals surface area contributed by atoms with E-state index in [-0.39, 0.29) is 12.5 Å². The van der Waals surface area contributed by atoms with Gasteiger partial charge in [0.1, 0.15) is 22.7 Å². The van der Waals surface area contributed by atoms with Gasteiger partial charge in [-0.25, -0.2) is 9.97 Å². The molecular formula is C22H21ClN4O4S. The molecule has 0 spiro atoms. The second-order valence-electron chi connectivity index (χ2n) is 7.98. The smallest absolute Gasteiger partial charge is 0.315 e. The van der Waals surface area contributed by atoms with Crippen LogP contribution < -0.4 is 5.32 Å². The van der Waals surface area contributed by atoms with Crippen molar-refractivity contribution in [1.82, 2.24) is 14.5 Å². The molecule has 2 aliphatic carbocycles. The van der Waals surface area contributed by atoms with Crippen LogP contribution in [0.1, 0.15) is 30.0 Å². The van der Waals surface area contributed by atoms with E-state index in [0.717, 1.165) is 4.88 Å². The van der Waals surface area contributed by atoms with E-state index in [2.05, 4.69) is 27.1 Å². The predicted molar refractivity (Wildman–Crippen MR) is 121 cm³/mol.